The Morgan fingerprint density at radius 3 is 2.76 bits per heavy atom. The molecule has 1 aromatic carbocycles. The molecular weight excluding hydrogens is 329 g/mol. The Labute approximate surface area is 138 Å². The topological polar surface area (TPSA) is 51.4 Å². The summed E-state index contributed by atoms with van der Waals surface area (Å²) in [6.07, 6.45) is 1.83. The van der Waals surface area contributed by atoms with Crippen molar-refractivity contribution < 1.29 is 4.74 Å². The first kappa shape index (κ1) is 16.4. The lowest BCUT2D eigenvalue weighted by Gasteiger charge is -2.21. The van der Waals surface area contributed by atoms with E-state index in [0.717, 1.165) is 18.0 Å². The third kappa shape index (κ3) is 5.04. The van der Waals surface area contributed by atoms with Gasteiger partial charge in [0.1, 0.15) is 11.9 Å². The van der Waals surface area contributed by atoms with Gasteiger partial charge in [-0.25, -0.2) is 4.98 Å². The second-order valence-electron chi connectivity index (χ2n) is 4.87. The summed E-state index contributed by atoms with van der Waals surface area (Å²) in [7, 11) is 2.03. The first-order valence-corrected chi connectivity index (χ1v) is 8.01. The third-order valence-electron chi connectivity index (χ3n) is 2.79. The Hall–Kier alpha value is -1.01. The maximum absolute atomic E-state index is 5.97. The van der Waals surface area contributed by atoms with Gasteiger partial charge in [-0.1, -0.05) is 23.2 Å². The van der Waals surface area contributed by atoms with E-state index < -0.39 is 0 Å². The molecule has 0 bridgehead atoms. The molecule has 0 saturated heterocycles. The van der Waals surface area contributed by atoms with Crippen molar-refractivity contribution in [2.75, 3.05) is 19.3 Å². The number of likely N-dealkylation sites (N-methyl/N-ethyl adjacent to an activating group) is 1. The number of ether oxygens (including phenoxy) is 1. The van der Waals surface area contributed by atoms with Crippen LogP contribution in [0.15, 0.2) is 24.4 Å². The number of aromatic nitrogens is 1. The van der Waals surface area contributed by atoms with E-state index in [1.807, 2.05) is 20.0 Å². The van der Waals surface area contributed by atoms with Crippen molar-refractivity contribution in [2.45, 2.75) is 19.6 Å². The molecule has 0 aliphatic rings. The number of nitrogen functional groups attached to an aromatic ring is 1. The number of hydrogen-bond donors (Lipinski definition) is 1. The first-order chi connectivity index (χ1) is 9.94. The minimum atomic E-state index is 0.0255. The molecule has 0 radical (unpaired) electrons. The molecule has 1 aromatic heterocycles. The van der Waals surface area contributed by atoms with Crippen LogP contribution in [0.2, 0.25) is 10.0 Å². The summed E-state index contributed by atoms with van der Waals surface area (Å²) < 4.78 is 5.84. The van der Waals surface area contributed by atoms with Crippen LogP contribution in [-0.4, -0.2) is 29.6 Å². The molecule has 0 aliphatic carbocycles. The largest absolute Gasteiger partial charge is 0.489 e. The first-order valence-electron chi connectivity index (χ1n) is 6.44. The van der Waals surface area contributed by atoms with E-state index in [0.29, 0.717) is 20.9 Å². The Morgan fingerprint density at radius 1 is 1.38 bits per heavy atom. The van der Waals surface area contributed by atoms with Crippen LogP contribution in [0.4, 0.5) is 5.13 Å². The molecule has 2 aromatic rings. The van der Waals surface area contributed by atoms with Gasteiger partial charge in [-0.3, -0.25) is 4.90 Å². The monoisotopic (exact) mass is 345 g/mol. The molecule has 21 heavy (non-hydrogen) atoms. The molecule has 0 saturated carbocycles. The molecule has 2 N–H and O–H groups in total. The van der Waals surface area contributed by atoms with Gasteiger partial charge in [0.2, 0.25) is 0 Å². The zero-order valence-electron chi connectivity index (χ0n) is 11.8. The Balaban J connectivity index is 1.85. The average molecular weight is 346 g/mol. The fraction of sp³-hybridized carbons (Fsp3) is 0.357. The predicted octanol–water partition coefficient (Wildman–Crippen LogP) is 3.93. The highest BCUT2D eigenvalue weighted by molar-refractivity contribution is 7.15. The summed E-state index contributed by atoms with van der Waals surface area (Å²) in [5, 5.41) is 1.62. The lowest BCUT2D eigenvalue weighted by molar-refractivity contribution is 0.159. The summed E-state index contributed by atoms with van der Waals surface area (Å²) in [5.41, 5.74) is 5.63. The van der Waals surface area contributed by atoms with E-state index in [9.17, 15) is 0 Å². The Bertz CT molecular complexity index is 606. The maximum atomic E-state index is 5.97. The SMILES string of the molecule is CC(CN(C)Cc1cnc(N)s1)Oc1ccc(Cl)c(Cl)c1. The fourth-order valence-corrected chi connectivity index (χ4v) is 3.04. The average Bonchev–Trinajstić information content (AvgIpc) is 2.79. The van der Waals surface area contributed by atoms with Crippen LogP contribution in [0.3, 0.4) is 0 Å². The van der Waals surface area contributed by atoms with Crippen LogP contribution in [0.5, 0.6) is 5.75 Å². The van der Waals surface area contributed by atoms with Gasteiger partial charge in [-0.2, -0.15) is 0 Å². The number of thiazole rings is 1. The standard InChI is InChI=1S/C14H17Cl2N3OS/c1-9(20-10-3-4-12(15)13(16)5-10)7-19(2)8-11-6-18-14(17)21-11/h3-6,9H,7-8H2,1-2H3,(H2,17,18). The van der Waals surface area contributed by atoms with Crippen LogP contribution in [0.25, 0.3) is 0 Å². The number of anilines is 1. The third-order valence-corrected chi connectivity index (χ3v) is 4.34. The van der Waals surface area contributed by atoms with Crippen molar-refractivity contribution in [3.8, 4) is 5.75 Å². The molecule has 4 nitrogen and oxygen atoms in total. The molecule has 1 unspecified atom stereocenters. The van der Waals surface area contributed by atoms with Gasteiger partial charge in [0, 0.05) is 30.2 Å². The van der Waals surface area contributed by atoms with Crippen molar-refractivity contribution in [1.29, 1.82) is 0 Å². The zero-order chi connectivity index (χ0) is 15.4. The van der Waals surface area contributed by atoms with E-state index >= 15 is 0 Å². The van der Waals surface area contributed by atoms with Gasteiger partial charge in [0.15, 0.2) is 5.13 Å². The van der Waals surface area contributed by atoms with E-state index in [1.165, 1.54) is 11.3 Å². The highest BCUT2D eigenvalue weighted by Gasteiger charge is 2.11. The Morgan fingerprint density at radius 2 is 2.14 bits per heavy atom. The number of nitrogens with zero attached hydrogens (tertiary/aromatic N) is 2. The van der Waals surface area contributed by atoms with Crippen LogP contribution in [0, 0.1) is 0 Å². The molecule has 7 heteroatoms. The highest BCUT2D eigenvalue weighted by Crippen LogP contribution is 2.27. The number of benzene rings is 1. The van der Waals surface area contributed by atoms with Gasteiger partial charge in [-0.05, 0) is 26.1 Å². The maximum Gasteiger partial charge on any atom is 0.180 e. The van der Waals surface area contributed by atoms with E-state index in [4.69, 9.17) is 33.7 Å². The van der Waals surface area contributed by atoms with Crippen molar-refractivity contribution >= 4 is 39.7 Å². The summed E-state index contributed by atoms with van der Waals surface area (Å²) in [6.45, 7) is 3.59. The molecule has 0 aliphatic heterocycles. The molecule has 1 heterocycles. The van der Waals surface area contributed by atoms with E-state index in [1.54, 1.807) is 18.3 Å². The number of rotatable bonds is 6. The summed E-state index contributed by atoms with van der Waals surface area (Å²) in [4.78, 5) is 7.34. The minimum Gasteiger partial charge on any atom is -0.489 e. The van der Waals surface area contributed by atoms with Crippen molar-refractivity contribution in [2.24, 2.45) is 0 Å². The smallest absolute Gasteiger partial charge is 0.180 e. The summed E-state index contributed by atoms with van der Waals surface area (Å²) in [6, 6.07) is 5.27. The number of hydrogen-bond acceptors (Lipinski definition) is 5. The van der Waals surface area contributed by atoms with Crippen LogP contribution in [-0.2, 0) is 6.54 Å². The highest BCUT2D eigenvalue weighted by atomic mass is 35.5. The number of halogens is 2. The van der Waals surface area contributed by atoms with Gasteiger partial charge in [0.05, 0.1) is 10.0 Å². The molecule has 2 rings (SSSR count). The van der Waals surface area contributed by atoms with Crippen LogP contribution in [0.1, 0.15) is 11.8 Å². The van der Waals surface area contributed by atoms with Crippen molar-refractivity contribution in [1.82, 2.24) is 9.88 Å². The number of nitrogens with two attached hydrogens (primary N) is 1. The van der Waals surface area contributed by atoms with Crippen LogP contribution < -0.4 is 10.5 Å². The summed E-state index contributed by atoms with van der Waals surface area (Å²) in [5.74, 6) is 0.715. The van der Waals surface area contributed by atoms with Gasteiger partial charge >= 0.3 is 0 Å². The lowest BCUT2D eigenvalue weighted by atomic mass is 10.3. The van der Waals surface area contributed by atoms with E-state index in [2.05, 4.69) is 9.88 Å². The second kappa shape index (κ2) is 7.31. The Kier molecular flexibility index (Phi) is 5.70. The quantitative estimate of drug-likeness (QED) is 0.861. The fourth-order valence-electron chi connectivity index (χ4n) is 1.98. The molecule has 1 atom stereocenters. The molecule has 0 spiro atoms. The van der Waals surface area contributed by atoms with Gasteiger partial charge < -0.3 is 10.5 Å². The zero-order valence-corrected chi connectivity index (χ0v) is 14.2. The molecular formula is C14H17Cl2N3OS. The molecule has 0 amide bonds. The van der Waals surface area contributed by atoms with Gasteiger partial charge in [-0.15, -0.1) is 11.3 Å². The van der Waals surface area contributed by atoms with Crippen LogP contribution >= 0.6 is 34.5 Å². The molecule has 114 valence electrons. The second-order valence-corrected chi connectivity index (χ2v) is 6.83. The minimum absolute atomic E-state index is 0.0255. The van der Waals surface area contributed by atoms with E-state index in [-0.39, 0.29) is 6.10 Å². The summed E-state index contributed by atoms with van der Waals surface area (Å²) >= 11 is 13.4. The van der Waals surface area contributed by atoms with Crippen molar-refractivity contribution in [3.05, 3.63) is 39.3 Å². The lowest BCUT2D eigenvalue weighted by Crippen LogP contribution is -2.30. The van der Waals surface area contributed by atoms with Gasteiger partial charge in [0.25, 0.3) is 0 Å². The predicted molar refractivity (Wildman–Crippen MR) is 89.4 cm³/mol. The molecule has 0 fully saturated rings. The normalized spacial score (nSPS) is 12.6. The van der Waals surface area contributed by atoms with Crippen molar-refractivity contribution in [3.63, 3.8) is 0 Å².